The number of imide groups is 1. The molecule has 4 rings (SSSR count). The lowest BCUT2D eigenvalue weighted by Gasteiger charge is -2.14. The average molecular weight is 718 g/mol. The highest BCUT2D eigenvalue weighted by Gasteiger charge is 2.35. The minimum atomic E-state index is -0.679. The maximum absolute atomic E-state index is 13.0. The van der Waals surface area contributed by atoms with E-state index in [1.165, 1.54) is 6.08 Å². The van der Waals surface area contributed by atoms with E-state index in [2.05, 4.69) is 61.9 Å². The van der Waals surface area contributed by atoms with Gasteiger partial charge in [0.05, 0.1) is 15.2 Å². The van der Waals surface area contributed by atoms with Crippen LogP contribution in [-0.2, 0) is 16.2 Å². The first-order valence-electron chi connectivity index (χ1n) is 11.1. The first-order chi connectivity index (χ1) is 17.7. The van der Waals surface area contributed by atoms with Crippen molar-refractivity contribution in [2.45, 2.75) is 13.5 Å². The van der Waals surface area contributed by atoms with Crippen LogP contribution in [0.15, 0.2) is 66.4 Å². The second-order valence-corrected chi connectivity index (χ2v) is 10.6. The van der Waals surface area contributed by atoms with Crippen molar-refractivity contribution in [3.8, 4) is 11.8 Å². The van der Waals surface area contributed by atoms with Gasteiger partial charge in [-0.3, -0.25) is 9.59 Å². The van der Waals surface area contributed by atoms with Crippen LogP contribution in [0.2, 0.25) is 0 Å². The zero-order valence-corrected chi connectivity index (χ0v) is 23.9. The molecule has 0 bridgehead atoms. The number of anilines is 1. The van der Waals surface area contributed by atoms with Crippen LogP contribution in [0.1, 0.15) is 22.3 Å². The number of amides is 4. The van der Waals surface area contributed by atoms with Gasteiger partial charge < -0.3 is 15.4 Å². The van der Waals surface area contributed by atoms with Crippen molar-refractivity contribution >= 4 is 74.8 Å². The molecule has 0 saturated carbocycles. The molecule has 0 atom stereocenters. The van der Waals surface area contributed by atoms with Gasteiger partial charge in [0.25, 0.3) is 5.91 Å². The molecule has 186 valence electrons. The lowest BCUT2D eigenvalue weighted by Crippen LogP contribution is -2.38. The number of urea groups is 1. The quantitative estimate of drug-likeness (QED) is 0.199. The standard InChI is InChI=1S/C27H20I2N4O4/c1-16-5-4-8-21(9-16)31-24(34)14-33-26(35)23(32-27(33)36)11-19-10-20(28)12-22(29)25(19)37-15-18-7-3-2-6-17(18)13-30/h2-12H,14-15H2,1H3,(H,31,34)(H,32,36)/b23-11+. The van der Waals surface area contributed by atoms with E-state index in [1.807, 2.05) is 37.3 Å². The highest BCUT2D eigenvalue weighted by atomic mass is 127. The first-order valence-corrected chi connectivity index (χ1v) is 13.2. The summed E-state index contributed by atoms with van der Waals surface area (Å²) in [6, 6.07) is 19.6. The molecule has 0 aliphatic carbocycles. The molecule has 1 saturated heterocycles. The van der Waals surface area contributed by atoms with Crippen molar-refractivity contribution in [3.63, 3.8) is 0 Å². The summed E-state index contributed by atoms with van der Waals surface area (Å²) < 4.78 is 7.79. The summed E-state index contributed by atoms with van der Waals surface area (Å²) in [4.78, 5) is 38.9. The molecule has 0 spiro atoms. The number of carbonyl (C=O) groups is 3. The predicted molar refractivity (Wildman–Crippen MR) is 155 cm³/mol. The Hall–Kier alpha value is -3.44. The molecule has 0 radical (unpaired) electrons. The molecular weight excluding hydrogens is 698 g/mol. The maximum Gasteiger partial charge on any atom is 0.329 e. The fourth-order valence-corrected chi connectivity index (χ4v) is 5.73. The molecule has 10 heteroatoms. The van der Waals surface area contributed by atoms with Crippen molar-refractivity contribution in [3.05, 3.63) is 95.8 Å². The molecule has 8 nitrogen and oxygen atoms in total. The zero-order valence-electron chi connectivity index (χ0n) is 19.5. The largest absolute Gasteiger partial charge is 0.487 e. The number of rotatable bonds is 7. The van der Waals surface area contributed by atoms with E-state index < -0.39 is 24.4 Å². The summed E-state index contributed by atoms with van der Waals surface area (Å²) in [5.41, 5.74) is 3.42. The van der Waals surface area contributed by atoms with Gasteiger partial charge >= 0.3 is 6.03 Å². The number of halogens is 2. The number of nitrogens with one attached hydrogen (secondary N) is 2. The van der Waals surface area contributed by atoms with Crippen LogP contribution in [0.4, 0.5) is 10.5 Å². The normalized spacial score (nSPS) is 13.9. The monoisotopic (exact) mass is 718 g/mol. The van der Waals surface area contributed by atoms with E-state index >= 15 is 0 Å². The molecule has 3 aromatic rings. The first kappa shape index (κ1) is 26.6. The van der Waals surface area contributed by atoms with Gasteiger partial charge in [-0.1, -0.05) is 30.3 Å². The van der Waals surface area contributed by atoms with Gasteiger partial charge in [0.15, 0.2) is 0 Å². The number of nitriles is 1. The summed E-state index contributed by atoms with van der Waals surface area (Å²) in [6.45, 7) is 1.63. The molecule has 1 heterocycles. The van der Waals surface area contributed by atoms with E-state index in [1.54, 1.807) is 30.3 Å². The summed E-state index contributed by atoms with van der Waals surface area (Å²) in [5.74, 6) is -0.586. The van der Waals surface area contributed by atoms with E-state index in [-0.39, 0.29) is 12.3 Å². The molecule has 3 aromatic carbocycles. The van der Waals surface area contributed by atoms with Crippen LogP contribution in [0.25, 0.3) is 6.08 Å². The molecule has 1 aliphatic rings. The number of benzene rings is 3. The second-order valence-electron chi connectivity index (χ2n) is 8.16. The summed E-state index contributed by atoms with van der Waals surface area (Å²) in [6.07, 6.45) is 1.54. The van der Waals surface area contributed by atoms with E-state index in [9.17, 15) is 19.6 Å². The third-order valence-electron chi connectivity index (χ3n) is 5.41. The SMILES string of the molecule is Cc1cccc(NC(=O)CN2C(=O)N/C(=C/c3cc(I)cc(I)c3OCc3ccccc3C#N)C2=O)c1. The molecule has 2 N–H and O–H groups in total. The van der Waals surface area contributed by atoms with Gasteiger partial charge in [-0.25, -0.2) is 9.69 Å². The molecule has 0 aromatic heterocycles. The Labute approximate surface area is 241 Å². The Morgan fingerprint density at radius 3 is 2.68 bits per heavy atom. The van der Waals surface area contributed by atoms with Crippen LogP contribution >= 0.6 is 45.2 Å². The number of aryl methyl sites for hydroxylation is 1. The third kappa shape index (κ3) is 6.47. The van der Waals surface area contributed by atoms with Crippen molar-refractivity contribution in [2.75, 3.05) is 11.9 Å². The van der Waals surface area contributed by atoms with Crippen LogP contribution in [0.5, 0.6) is 5.75 Å². The number of hydrogen-bond donors (Lipinski definition) is 2. The van der Waals surface area contributed by atoms with Crippen LogP contribution < -0.4 is 15.4 Å². The highest BCUT2D eigenvalue weighted by molar-refractivity contribution is 14.1. The van der Waals surface area contributed by atoms with Crippen molar-refractivity contribution in [1.82, 2.24) is 10.2 Å². The highest BCUT2D eigenvalue weighted by Crippen LogP contribution is 2.31. The Bertz CT molecular complexity index is 1480. The van der Waals surface area contributed by atoms with Gasteiger partial charge in [-0.15, -0.1) is 0 Å². The van der Waals surface area contributed by atoms with Crippen molar-refractivity contribution in [2.24, 2.45) is 0 Å². The van der Waals surface area contributed by atoms with Crippen molar-refractivity contribution in [1.29, 1.82) is 5.26 Å². The predicted octanol–water partition coefficient (Wildman–Crippen LogP) is 5.19. The van der Waals surface area contributed by atoms with Gasteiger partial charge in [0.2, 0.25) is 5.91 Å². The van der Waals surface area contributed by atoms with Gasteiger partial charge in [-0.2, -0.15) is 5.26 Å². The summed E-state index contributed by atoms with van der Waals surface area (Å²) in [7, 11) is 0. The Kier molecular flexibility index (Phi) is 8.45. The van der Waals surface area contributed by atoms with Gasteiger partial charge in [0, 0.05) is 20.4 Å². The second kappa shape index (κ2) is 11.7. The average Bonchev–Trinajstić information content (AvgIpc) is 3.11. The minimum Gasteiger partial charge on any atom is -0.487 e. The summed E-state index contributed by atoms with van der Waals surface area (Å²) in [5, 5.41) is 14.6. The van der Waals surface area contributed by atoms with Crippen LogP contribution in [0.3, 0.4) is 0 Å². The minimum absolute atomic E-state index is 0.0356. The third-order valence-corrected chi connectivity index (χ3v) is 6.84. The fraction of sp³-hybridized carbons (Fsp3) is 0.111. The molecule has 37 heavy (non-hydrogen) atoms. The van der Waals surface area contributed by atoms with Crippen LogP contribution in [-0.4, -0.2) is 29.3 Å². The maximum atomic E-state index is 13.0. The number of carbonyl (C=O) groups excluding carboxylic acids is 3. The van der Waals surface area contributed by atoms with E-state index in [4.69, 9.17) is 4.74 Å². The molecule has 1 aliphatic heterocycles. The topological polar surface area (TPSA) is 112 Å². The molecular formula is C27H20I2N4O4. The molecule has 4 amide bonds. The lowest BCUT2D eigenvalue weighted by atomic mass is 10.1. The molecule has 0 unspecified atom stereocenters. The Morgan fingerprint density at radius 1 is 1.14 bits per heavy atom. The lowest BCUT2D eigenvalue weighted by molar-refractivity contribution is -0.127. The zero-order chi connectivity index (χ0) is 26.5. The van der Waals surface area contributed by atoms with E-state index in [0.29, 0.717) is 22.6 Å². The Morgan fingerprint density at radius 2 is 1.92 bits per heavy atom. The van der Waals surface area contributed by atoms with Crippen LogP contribution in [0, 0.1) is 25.4 Å². The van der Waals surface area contributed by atoms with Gasteiger partial charge in [0.1, 0.15) is 24.6 Å². The number of nitrogens with zero attached hydrogens (tertiary/aromatic N) is 2. The van der Waals surface area contributed by atoms with E-state index in [0.717, 1.165) is 23.2 Å². The van der Waals surface area contributed by atoms with Gasteiger partial charge in [-0.05, 0) is 94.1 Å². The smallest absolute Gasteiger partial charge is 0.329 e. The molecule has 1 fully saturated rings. The van der Waals surface area contributed by atoms with Crippen molar-refractivity contribution < 1.29 is 19.1 Å². The number of ether oxygens (including phenoxy) is 1. The summed E-state index contributed by atoms with van der Waals surface area (Å²) >= 11 is 4.30. The fourth-order valence-electron chi connectivity index (χ4n) is 3.68. The Balaban J connectivity index is 1.54. The number of hydrogen-bond acceptors (Lipinski definition) is 5.